The molecule has 86 valence electrons. The van der Waals surface area contributed by atoms with E-state index in [-0.39, 0.29) is 5.69 Å². The van der Waals surface area contributed by atoms with Crippen molar-refractivity contribution in [2.45, 2.75) is 0 Å². The summed E-state index contributed by atoms with van der Waals surface area (Å²) < 4.78 is 0. The van der Waals surface area contributed by atoms with E-state index in [4.69, 9.17) is 11.6 Å². The van der Waals surface area contributed by atoms with Crippen LogP contribution in [0.25, 0.3) is 16.8 Å². The number of nitro benzene ring substituents is 1. The number of aromatic nitrogens is 1. The lowest BCUT2D eigenvalue weighted by molar-refractivity contribution is -0.383. The quantitative estimate of drug-likeness (QED) is 0.475. The van der Waals surface area contributed by atoms with Crippen LogP contribution in [0.4, 0.5) is 5.69 Å². The van der Waals surface area contributed by atoms with E-state index in [2.05, 4.69) is 4.98 Å². The number of allylic oxidation sites excluding steroid dienone is 1. The van der Waals surface area contributed by atoms with Gasteiger partial charge in [0, 0.05) is 24.3 Å². The fraction of sp³-hybridized carbons (Fsp3) is 0.0833. The number of benzene rings is 1. The third-order valence-electron chi connectivity index (χ3n) is 2.41. The number of fused-ring (bicyclic) bond motifs is 1. The minimum Gasteiger partial charge on any atom is -0.264 e. The number of nitro groups is 1. The summed E-state index contributed by atoms with van der Waals surface area (Å²) in [4.78, 5) is 14.4. The molecule has 1 heterocycles. The van der Waals surface area contributed by atoms with E-state index in [1.807, 2.05) is 6.08 Å². The Morgan fingerprint density at radius 2 is 2.18 bits per heavy atom. The number of non-ortho nitro benzene ring substituents is 1. The summed E-state index contributed by atoms with van der Waals surface area (Å²) in [6, 6.07) is 4.96. The SMILES string of the molecule is O=[N+]([O-])c1ccc(C=CCCl)c2ccncc12. The molecule has 0 aliphatic rings. The number of alkyl halides is 1. The van der Waals surface area contributed by atoms with Gasteiger partial charge in [-0.1, -0.05) is 12.2 Å². The number of rotatable bonds is 3. The third kappa shape index (κ3) is 2.26. The maximum Gasteiger partial charge on any atom is 0.278 e. The van der Waals surface area contributed by atoms with Crippen LogP contribution in [0.3, 0.4) is 0 Å². The van der Waals surface area contributed by atoms with Crippen molar-refractivity contribution in [2.24, 2.45) is 0 Å². The first kappa shape index (κ1) is 11.5. The highest BCUT2D eigenvalue weighted by atomic mass is 35.5. The summed E-state index contributed by atoms with van der Waals surface area (Å²) in [5, 5.41) is 12.2. The summed E-state index contributed by atoms with van der Waals surface area (Å²) in [5.41, 5.74) is 0.963. The Labute approximate surface area is 103 Å². The highest BCUT2D eigenvalue weighted by molar-refractivity contribution is 6.19. The molecule has 2 rings (SSSR count). The Balaban J connectivity index is 2.70. The molecule has 0 fully saturated rings. The van der Waals surface area contributed by atoms with Crippen LogP contribution in [0, 0.1) is 10.1 Å². The molecule has 0 radical (unpaired) electrons. The van der Waals surface area contributed by atoms with Crippen molar-refractivity contribution in [1.82, 2.24) is 4.98 Å². The van der Waals surface area contributed by atoms with Gasteiger partial charge in [0.05, 0.1) is 10.3 Å². The van der Waals surface area contributed by atoms with Gasteiger partial charge in [-0.2, -0.15) is 0 Å². The molecule has 0 aliphatic carbocycles. The summed E-state index contributed by atoms with van der Waals surface area (Å²) in [6.45, 7) is 0. The first-order valence-electron chi connectivity index (χ1n) is 4.97. The molecule has 0 saturated heterocycles. The van der Waals surface area contributed by atoms with E-state index in [0.29, 0.717) is 11.3 Å². The maximum absolute atomic E-state index is 10.9. The van der Waals surface area contributed by atoms with Crippen LogP contribution in [0.15, 0.2) is 36.7 Å². The molecule has 0 unspecified atom stereocenters. The largest absolute Gasteiger partial charge is 0.278 e. The molecular weight excluding hydrogens is 240 g/mol. The Bertz CT molecular complexity index is 596. The van der Waals surface area contributed by atoms with Crippen molar-refractivity contribution >= 4 is 34.1 Å². The maximum atomic E-state index is 10.9. The average Bonchev–Trinajstić information content (AvgIpc) is 2.35. The second kappa shape index (κ2) is 4.93. The Morgan fingerprint density at radius 1 is 1.35 bits per heavy atom. The lowest BCUT2D eigenvalue weighted by Gasteiger charge is -2.02. The first-order valence-corrected chi connectivity index (χ1v) is 5.51. The van der Waals surface area contributed by atoms with Gasteiger partial charge in [-0.15, -0.1) is 11.6 Å². The molecule has 1 aromatic heterocycles. The second-order valence-electron chi connectivity index (χ2n) is 3.41. The Kier molecular flexibility index (Phi) is 3.35. The normalized spacial score (nSPS) is 11.1. The Hall–Kier alpha value is -1.94. The van der Waals surface area contributed by atoms with Gasteiger partial charge in [0.15, 0.2) is 0 Å². The zero-order valence-electron chi connectivity index (χ0n) is 8.84. The summed E-state index contributed by atoms with van der Waals surface area (Å²) in [5.74, 6) is 0.406. The minimum absolute atomic E-state index is 0.0659. The van der Waals surface area contributed by atoms with Gasteiger partial charge in [-0.3, -0.25) is 15.1 Å². The van der Waals surface area contributed by atoms with E-state index in [9.17, 15) is 10.1 Å². The second-order valence-corrected chi connectivity index (χ2v) is 3.72. The van der Waals surface area contributed by atoms with Gasteiger partial charge in [0.25, 0.3) is 5.69 Å². The molecule has 0 aliphatic heterocycles. The summed E-state index contributed by atoms with van der Waals surface area (Å²) >= 11 is 5.58. The van der Waals surface area contributed by atoms with Gasteiger partial charge in [0.1, 0.15) is 0 Å². The standard InChI is InChI=1S/C12H9ClN2O2/c13-6-1-2-9-3-4-12(15(16)17)11-8-14-7-5-10(9)11/h1-5,7-8H,6H2. The van der Waals surface area contributed by atoms with Crippen LogP contribution in [0.1, 0.15) is 5.56 Å². The number of nitrogens with zero attached hydrogens (tertiary/aromatic N) is 2. The number of halogens is 1. The summed E-state index contributed by atoms with van der Waals surface area (Å²) in [6.07, 6.45) is 6.76. The van der Waals surface area contributed by atoms with Crippen LogP contribution in [-0.4, -0.2) is 15.8 Å². The smallest absolute Gasteiger partial charge is 0.264 e. The van der Waals surface area contributed by atoms with Gasteiger partial charge in [-0.25, -0.2) is 0 Å². The van der Waals surface area contributed by atoms with Gasteiger partial charge < -0.3 is 0 Å². The van der Waals surface area contributed by atoms with Gasteiger partial charge in [-0.05, 0) is 23.1 Å². The lowest BCUT2D eigenvalue weighted by atomic mass is 10.0. The van der Waals surface area contributed by atoms with Crippen LogP contribution < -0.4 is 0 Å². The molecule has 0 N–H and O–H groups in total. The fourth-order valence-corrected chi connectivity index (χ4v) is 1.76. The Morgan fingerprint density at radius 3 is 2.88 bits per heavy atom. The zero-order chi connectivity index (χ0) is 12.3. The minimum atomic E-state index is -0.404. The van der Waals surface area contributed by atoms with Gasteiger partial charge >= 0.3 is 0 Å². The van der Waals surface area contributed by atoms with Crippen molar-refractivity contribution in [1.29, 1.82) is 0 Å². The van der Waals surface area contributed by atoms with Crippen molar-refractivity contribution in [3.05, 3.63) is 52.3 Å². The summed E-state index contributed by atoms with van der Waals surface area (Å²) in [7, 11) is 0. The molecule has 0 bridgehead atoms. The molecule has 0 spiro atoms. The fourth-order valence-electron chi connectivity index (χ4n) is 1.67. The molecule has 5 heteroatoms. The van der Waals surface area contributed by atoms with Crippen LogP contribution in [0.5, 0.6) is 0 Å². The van der Waals surface area contributed by atoms with E-state index in [1.54, 1.807) is 24.4 Å². The van der Waals surface area contributed by atoms with Crippen molar-refractivity contribution < 1.29 is 4.92 Å². The third-order valence-corrected chi connectivity index (χ3v) is 2.59. The molecule has 0 atom stereocenters. The number of pyridine rings is 1. The van der Waals surface area contributed by atoms with Crippen molar-refractivity contribution in [3.8, 4) is 0 Å². The van der Waals surface area contributed by atoms with Crippen LogP contribution >= 0.6 is 11.6 Å². The zero-order valence-corrected chi connectivity index (χ0v) is 9.59. The van der Waals surface area contributed by atoms with Gasteiger partial charge in [0.2, 0.25) is 0 Å². The number of hydrogen-bond acceptors (Lipinski definition) is 3. The molecule has 2 aromatic rings. The van der Waals surface area contributed by atoms with Crippen molar-refractivity contribution in [3.63, 3.8) is 0 Å². The topological polar surface area (TPSA) is 56.0 Å². The molecule has 0 amide bonds. The highest BCUT2D eigenvalue weighted by Crippen LogP contribution is 2.28. The lowest BCUT2D eigenvalue weighted by Crippen LogP contribution is -1.91. The predicted molar refractivity (Wildman–Crippen MR) is 68.2 cm³/mol. The van der Waals surface area contributed by atoms with Crippen LogP contribution in [-0.2, 0) is 0 Å². The predicted octanol–water partition coefficient (Wildman–Crippen LogP) is 3.40. The molecule has 1 aromatic carbocycles. The average molecular weight is 249 g/mol. The molecule has 4 nitrogen and oxygen atoms in total. The number of hydrogen-bond donors (Lipinski definition) is 0. The molecule has 0 saturated carbocycles. The molecular formula is C12H9ClN2O2. The highest BCUT2D eigenvalue weighted by Gasteiger charge is 2.12. The van der Waals surface area contributed by atoms with Crippen LogP contribution in [0.2, 0.25) is 0 Å². The molecule has 17 heavy (non-hydrogen) atoms. The van der Waals surface area contributed by atoms with E-state index in [1.165, 1.54) is 12.3 Å². The first-order chi connectivity index (χ1) is 8.24. The van der Waals surface area contributed by atoms with E-state index >= 15 is 0 Å². The van der Waals surface area contributed by atoms with Crippen molar-refractivity contribution in [2.75, 3.05) is 5.88 Å². The van der Waals surface area contributed by atoms with E-state index in [0.717, 1.165) is 10.9 Å². The monoisotopic (exact) mass is 248 g/mol. The van der Waals surface area contributed by atoms with E-state index < -0.39 is 4.92 Å².